The summed E-state index contributed by atoms with van der Waals surface area (Å²) in [5.74, 6) is -2.45. The van der Waals surface area contributed by atoms with Gasteiger partial charge in [-0.3, -0.25) is 4.79 Å². The molecule has 2 aromatic heterocycles. The van der Waals surface area contributed by atoms with Crippen molar-refractivity contribution in [3.8, 4) is 5.75 Å². The maximum absolute atomic E-state index is 12.6. The molecule has 1 fully saturated rings. The van der Waals surface area contributed by atoms with E-state index in [0.717, 1.165) is 0 Å². The number of pyridine rings is 1. The van der Waals surface area contributed by atoms with Crippen molar-refractivity contribution in [3.05, 3.63) is 35.7 Å². The highest BCUT2D eigenvalue weighted by Crippen LogP contribution is 2.31. The minimum absolute atomic E-state index is 0.0234. The Hall–Kier alpha value is -3.62. The zero-order valence-electron chi connectivity index (χ0n) is 15.4. The Kier molecular flexibility index (Phi) is 4.57. The van der Waals surface area contributed by atoms with E-state index in [2.05, 4.69) is 9.97 Å². The number of hydrogen-bond acceptors (Lipinski definition) is 5. The Morgan fingerprint density at radius 1 is 1.17 bits per heavy atom. The van der Waals surface area contributed by atoms with Gasteiger partial charge in [-0.25, -0.2) is 14.6 Å². The summed E-state index contributed by atoms with van der Waals surface area (Å²) in [6, 6.07) is 5.36. The second-order valence-corrected chi connectivity index (χ2v) is 7.12. The Morgan fingerprint density at radius 3 is 2.69 bits per heavy atom. The zero-order valence-corrected chi connectivity index (χ0v) is 15.4. The van der Waals surface area contributed by atoms with Gasteiger partial charge >= 0.3 is 11.9 Å². The van der Waals surface area contributed by atoms with Crippen molar-refractivity contribution >= 4 is 39.7 Å². The quantitative estimate of drug-likeness (QED) is 0.516. The Morgan fingerprint density at radius 2 is 1.97 bits per heavy atom. The summed E-state index contributed by atoms with van der Waals surface area (Å²) in [4.78, 5) is 44.1. The minimum atomic E-state index is -1.19. The molecule has 3 aromatic rings. The van der Waals surface area contributed by atoms with E-state index in [1.54, 1.807) is 6.07 Å². The number of likely N-dealkylation sites (tertiary alicyclic amines) is 1. The molecule has 1 saturated heterocycles. The number of benzene rings is 1. The van der Waals surface area contributed by atoms with Gasteiger partial charge in [-0.2, -0.15) is 0 Å². The molecule has 0 radical (unpaired) electrons. The highest BCUT2D eigenvalue weighted by molar-refractivity contribution is 6.10. The number of aromatic nitrogens is 2. The van der Waals surface area contributed by atoms with Crippen molar-refractivity contribution in [2.24, 2.45) is 0 Å². The highest BCUT2D eigenvalue weighted by atomic mass is 16.4. The summed E-state index contributed by atoms with van der Waals surface area (Å²) < 4.78 is 0. The van der Waals surface area contributed by atoms with E-state index in [9.17, 15) is 29.7 Å². The first-order valence-electron chi connectivity index (χ1n) is 9.25. The number of carbonyl (C=O) groups excluding carboxylic acids is 1. The van der Waals surface area contributed by atoms with E-state index in [4.69, 9.17) is 0 Å². The highest BCUT2D eigenvalue weighted by Gasteiger charge is 2.33. The van der Waals surface area contributed by atoms with Crippen LogP contribution in [-0.2, 0) is 16.0 Å². The molecule has 0 saturated carbocycles. The summed E-state index contributed by atoms with van der Waals surface area (Å²) in [7, 11) is 0. The van der Waals surface area contributed by atoms with E-state index in [1.807, 2.05) is 0 Å². The lowest BCUT2D eigenvalue weighted by atomic mass is 10.1. The summed E-state index contributed by atoms with van der Waals surface area (Å²) in [5.41, 5.74) is 1.56. The molecule has 1 atom stereocenters. The lowest BCUT2D eigenvalue weighted by Gasteiger charge is -2.21. The van der Waals surface area contributed by atoms with Gasteiger partial charge in [0.25, 0.3) is 0 Å². The maximum atomic E-state index is 12.6. The van der Waals surface area contributed by atoms with E-state index in [0.29, 0.717) is 46.9 Å². The lowest BCUT2D eigenvalue weighted by Crippen LogP contribution is -2.40. The molecule has 0 spiro atoms. The Labute approximate surface area is 164 Å². The van der Waals surface area contributed by atoms with Crippen LogP contribution in [0.3, 0.4) is 0 Å². The number of carboxylic acids is 2. The van der Waals surface area contributed by atoms with Crippen LogP contribution < -0.4 is 0 Å². The van der Waals surface area contributed by atoms with E-state index in [-0.39, 0.29) is 30.2 Å². The molecule has 1 aliphatic heterocycles. The number of carboxylic acid groups (broad SMARTS) is 2. The summed E-state index contributed by atoms with van der Waals surface area (Å²) in [5, 5.41) is 29.7. The van der Waals surface area contributed by atoms with Crippen LogP contribution in [0.5, 0.6) is 5.75 Å². The van der Waals surface area contributed by atoms with Crippen LogP contribution >= 0.6 is 0 Å². The van der Waals surface area contributed by atoms with Crippen LogP contribution in [0.1, 0.15) is 35.4 Å². The SMILES string of the molecule is O=C(O)c1cc2c([nH]c3ccc(O)cc32)c(CCC(=O)N2CCCC2C(=O)O)n1. The number of amides is 1. The monoisotopic (exact) mass is 397 g/mol. The molecule has 9 heteroatoms. The van der Waals surface area contributed by atoms with Crippen molar-refractivity contribution < 1.29 is 29.7 Å². The van der Waals surface area contributed by atoms with Gasteiger partial charge in [0.2, 0.25) is 5.91 Å². The Balaban J connectivity index is 1.69. The van der Waals surface area contributed by atoms with Gasteiger partial charge in [-0.1, -0.05) is 0 Å². The van der Waals surface area contributed by atoms with E-state index < -0.39 is 18.0 Å². The molecule has 3 heterocycles. The number of nitrogens with one attached hydrogen (secondary N) is 1. The molecular weight excluding hydrogens is 378 g/mol. The van der Waals surface area contributed by atoms with Crippen LogP contribution in [0.2, 0.25) is 0 Å². The van der Waals surface area contributed by atoms with Crippen LogP contribution in [0, 0.1) is 0 Å². The molecule has 0 bridgehead atoms. The van der Waals surface area contributed by atoms with Crippen molar-refractivity contribution in [1.29, 1.82) is 0 Å². The molecule has 9 nitrogen and oxygen atoms in total. The zero-order chi connectivity index (χ0) is 20.7. The fraction of sp³-hybridized carbons (Fsp3) is 0.300. The van der Waals surface area contributed by atoms with Gasteiger partial charge < -0.3 is 25.2 Å². The molecule has 150 valence electrons. The molecule has 29 heavy (non-hydrogen) atoms. The topological polar surface area (TPSA) is 144 Å². The van der Waals surface area contributed by atoms with Crippen molar-refractivity contribution in [3.63, 3.8) is 0 Å². The standard InChI is InChI=1S/C20H19N3O6/c24-10-3-4-13-11(8-10)12-9-15(19(26)27)21-14(18(12)22-13)5-6-17(25)23-7-1-2-16(23)20(28)29/h3-4,8-9,16,22,24H,1-2,5-7H2,(H,26,27)(H,28,29). The van der Waals surface area contributed by atoms with Gasteiger partial charge in [0.05, 0.1) is 11.2 Å². The third-order valence-corrected chi connectivity index (χ3v) is 5.30. The number of phenols is 1. The predicted octanol–water partition coefficient (Wildman–Crippen LogP) is 2.13. The molecule has 4 rings (SSSR count). The fourth-order valence-electron chi connectivity index (χ4n) is 3.93. The van der Waals surface area contributed by atoms with Crippen LogP contribution in [0.25, 0.3) is 21.8 Å². The van der Waals surface area contributed by atoms with Crippen molar-refractivity contribution in [2.45, 2.75) is 31.7 Å². The molecular formula is C20H19N3O6. The third-order valence-electron chi connectivity index (χ3n) is 5.30. The average Bonchev–Trinajstić information content (AvgIpc) is 3.30. The molecule has 1 aromatic carbocycles. The van der Waals surface area contributed by atoms with Gasteiger partial charge in [0.1, 0.15) is 17.5 Å². The van der Waals surface area contributed by atoms with Gasteiger partial charge in [0, 0.05) is 35.7 Å². The van der Waals surface area contributed by atoms with E-state index >= 15 is 0 Å². The smallest absolute Gasteiger partial charge is 0.354 e. The molecule has 1 amide bonds. The fourth-order valence-corrected chi connectivity index (χ4v) is 3.93. The lowest BCUT2D eigenvalue weighted by molar-refractivity contribution is -0.148. The van der Waals surface area contributed by atoms with Crippen LogP contribution in [-0.4, -0.2) is 60.6 Å². The number of aromatic amines is 1. The van der Waals surface area contributed by atoms with Crippen molar-refractivity contribution in [2.75, 3.05) is 6.54 Å². The molecule has 4 N–H and O–H groups in total. The maximum Gasteiger partial charge on any atom is 0.354 e. The first-order valence-corrected chi connectivity index (χ1v) is 9.25. The minimum Gasteiger partial charge on any atom is -0.508 e. The van der Waals surface area contributed by atoms with Crippen LogP contribution in [0.4, 0.5) is 0 Å². The third kappa shape index (κ3) is 3.35. The normalized spacial score (nSPS) is 16.6. The van der Waals surface area contributed by atoms with Gasteiger partial charge in [-0.05, 0) is 37.1 Å². The van der Waals surface area contributed by atoms with Crippen molar-refractivity contribution in [1.82, 2.24) is 14.9 Å². The molecule has 1 aliphatic rings. The van der Waals surface area contributed by atoms with Crippen LogP contribution in [0.15, 0.2) is 24.3 Å². The number of hydrogen-bond donors (Lipinski definition) is 4. The number of rotatable bonds is 5. The number of aliphatic carboxylic acids is 1. The van der Waals surface area contributed by atoms with Gasteiger partial charge in [-0.15, -0.1) is 0 Å². The number of aromatic hydroxyl groups is 1. The molecule has 0 aliphatic carbocycles. The first-order chi connectivity index (χ1) is 13.8. The summed E-state index contributed by atoms with van der Waals surface area (Å²) in [6.45, 7) is 0.402. The second kappa shape index (κ2) is 7.08. The first kappa shape index (κ1) is 18.7. The van der Waals surface area contributed by atoms with E-state index in [1.165, 1.54) is 23.1 Å². The Bertz CT molecular complexity index is 1150. The van der Waals surface area contributed by atoms with Gasteiger partial charge in [0.15, 0.2) is 0 Å². The number of aromatic carboxylic acids is 1. The number of aryl methyl sites for hydroxylation is 1. The number of carbonyl (C=O) groups is 3. The number of phenolic OH excluding ortho intramolecular Hbond substituents is 1. The number of H-pyrrole nitrogens is 1. The number of nitrogens with zero attached hydrogens (tertiary/aromatic N) is 2. The summed E-state index contributed by atoms with van der Waals surface area (Å²) in [6.07, 6.45) is 1.27. The largest absolute Gasteiger partial charge is 0.508 e. The second-order valence-electron chi connectivity index (χ2n) is 7.12. The summed E-state index contributed by atoms with van der Waals surface area (Å²) >= 11 is 0. The molecule has 1 unspecified atom stereocenters. The number of fused-ring (bicyclic) bond motifs is 3. The predicted molar refractivity (Wildman–Crippen MR) is 103 cm³/mol. The average molecular weight is 397 g/mol.